The van der Waals surface area contributed by atoms with Crippen molar-refractivity contribution in [1.29, 1.82) is 0 Å². The predicted octanol–water partition coefficient (Wildman–Crippen LogP) is 3.46. The van der Waals surface area contributed by atoms with Crippen molar-refractivity contribution in [1.82, 2.24) is 0 Å². The third kappa shape index (κ3) is 4.60. The van der Waals surface area contributed by atoms with Crippen LogP contribution in [0.3, 0.4) is 0 Å². The number of rotatable bonds is 6. The van der Waals surface area contributed by atoms with Gasteiger partial charge in [-0.15, -0.1) is 11.8 Å². The van der Waals surface area contributed by atoms with E-state index in [0.717, 1.165) is 4.90 Å². The fraction of sp³-hybridized carbons (Fsp3) is 0.375. The van der Waals surface area contributed by atoms with E-state index in [1.807, 2.05) is 45.9 Å². The lowest BCUT2D eigenvalue weighted by molar-refractivity contribution is -0.133. The third-order valence-electron chi connectivity index (χ3n) is 5.45. The number of benzene rings is 2. The summed E-state index contributed by atoms with van der Waals surface area (Å²) in [6.45, 7) is 7.26. The van der Waals surface area contributed by atoms with Crippen LogP contribution in [-0.4, -0.2) is 42.2 Å². The number of hydrogen-bond donors (Lipinski definition) is 1. The number of anilines is 2. The van der Waals surface area contributed by atoms with Gasteiger partial charge in [-0.2, -0.15) is 0 Å². The standard InChI is InChI=1S/C24H29N3O4S/c1-15(2)27(16-10-12-17(31-5)13-11-16)20(28)14-26-18-8-6-7-9-19(18)32-24(3,4)21(22(25)29)23(26)30/h6-13,15,21H,14H2,1-5H3,(H2,25,29). The highest BCUT2D eigenvalue weighted by Gasteiger charge is 2.46. The lowest BCUT2D eigenvalue weighted by Gasteiger charge is -2.32. The minimum Gasteiger partial charge on any atom is -0.497 e. The summed E-state index contributed by atoms with van der Waals surface area (Å²) in [5, 5.41) is 0. The van der Waals surface area contributed by atoms with E-state index >= 15 is 0 Å². The van der Waals surface area contributed by atoms with Gasteiger partial charge < -0.3 is 20.3 Å². The van der Waals surface area contributed by atoms with Crippen LogP contribution in [0.2, 0.25) is 0 Å². The number of methoxy groups -OCH3 is 1. The second-order valence-electron chi connectivity index (χ2n) is 8.49. The Morgan fingerprint density at radius 3 is 2.34 bits per heavy atom. The zero-order valence-electron chi connectivity index (χ0n) is 19.0. The van der Waals surface area contributed by atoms with Crippen LogP contribution < -0.4 is 20.3 Å². The molecule has 3 amide bonds. The summed E-state index contributed by atoms with van der Waals surface area (Å²) in [6.07, 6.45) is 0. The van der Waals surface area contributed by atoms with E-state index in [9.17, 15) is 14.4 Å². The van der Waals surface area contributed by atoms with E-state index in [4.69, 9.17) is 10.5 Å². The number of carbonyl (C=O) groups is 3. The van der Waals surface area contributed by atoms with Gasteiger partial charge in [0.1, 0.15) is 18.2 Å². The van der Waals surface area contributed by atoms with Crippen molar-refractivity contribution in [3.05, 3.63) is 48.5 Å². The van der Waals surface area contributed by atoms with Crippen molar-refractivity contribution in [3.63, 3.8) is 0 Å². The molecule has 1 atom stereocenters. The van der Waals surface area contributed by atoms with Crippen molar-refractivity contribution < 1.29 is 19.1 Å². The normalized spacial score (nSPS) is 17.5. The molecule has 170 valence electrons. The lowest BCUT2D eigenvalue weighted by atomic mass is 9.92. The van der Waals surface area contributed by atoms with Crippen LogP contribution in [0.1, 0.15) is 27.7 Å². The molecule has 0 aromatic heterocycles. The monoisotopic (exact) mass is 455 g/mol. The van der Waals surface area contributed by atoms with Crippen molar-refractivity contribution in [2.75, 3.05) is 23.5 Å². The fourth-order valence-corrected chi connectivity index (χ4v) is 5.32. The van der Waals surface area contributed by atoms with Crippen LogP contribution >= 0.6 is 11.8 Å². The maximum absolute atomic E-state index is 13.5. The van der Waals surface area contributed by atoms with Crippen molar-refractivity contribution in [3.8, 4) is 5.75 Å². The highest BCUT2D eigenvalue weighted by molar-refractivity contribution is 8.00. The number of thioether (sulfide) groups is 1. The highest BCUT2D eigenvalue weighted by atomic mass is 32.2. The molecule has 0 bridgehead atoms. The maximum atomic E-state index is 13.5. The molecule has 0 saturated heterocycles. The smallest absolute Gasteiger partial charge is 0.247 e. The summed E-state index contributed by atoms with van der Waals surface area (Å²) in [5.41, 5.74) is 6.95. The molecule has 8 heteroatoms. The first-order valence-electron chi connectivity index (χ1n) is 10.4. The molecule has 1 heterocycles. The summed E-state index contributed by atoms with van der Waals surface area (Å²) < 4.78 is 4.45. The second kappa shape index (κ2) is 9.24. The highest BCUT2D eigenvalue weighted by Crippen LogP contribution is 2.46. The van der Waals surface area contributed by atoms with E-state index in [-0.39, 0.29) is 18.5 Å². The Morgan fingerprint density at radius 1 is 1.16 bits per heavy atom. The molecule has 1 aliphatic rings. The molecule has 0 saturated carbocycles. The Bertz CT molecular complexity index is 1020. The van der Waals surface area contributed by atoms with Crippen LogP contribution in [0.5, 0.6) is 5.75 Å². The first kappa shape index (κ1) is 23.7. The number of nitrogens with zero attached hydrogens (tertiary/aromatic N) is 2. The van der Waals surface area contributed by atoms with E-state index < -0.39 is 22.5 Å². The number of ether oxygens (including phenoxy) is 1. The Morgan fingerprint density at radius 2 is 1.78 bits per heavy atom. The van der Waals surface area contributed by atoms with E-state index in [1.165, 1.54) is 16.7 Å². The summed E-state index contributed by atoms with van der Waals surface area (Å²) in [4.78, 5) is 43.2. The topological polar surface area (TPSA) is 92.9 Å². The summed E-state index contributed by atoms with van der Waals surface area (Å²) in [7, 11) is 1.58. The van der Waals surface area contributed by atoms with Crippen molar-refractivity contribution in [2.45, 2.75) is 43.4 Å². The van der Waals surface area contributed by atoms with Gasteiger partial charge in [0.25, 0.3) is 0 Å². The minimum absolute atomic E-state index is 0.147. The number of hydrogen-bond acceptors (Lipinski definition) is 5. The molecule has 2 aromatic carbocycles. The summed E-state index contributed by atoms with van der Waals surface area (Å²) in [6, 6.07) is 14.4. The maximum Gasteiger partial charge on any atom is 0.247 e. The first-order valence-corrected chi connectivity index (χ1v) is 11.2. The number of nitrogens with two attached hydrogens (primary N) is 1. The predicted molar refractivity (Wildman–Crippen MR) is 127 cm³/mol. The van der Waals surface area contributed by atoms with Gasteiger partial charge in [-0.1, -0.05) is 12.1 Å². The molecule has 2 N–H and O–H groups in total. The number of primary amides is 1. The number of carbonyl (C=O) groups excluding carboxylic acids is 3. The van der Waals surface area contributed by atoms with Gasteiger partial charge in [0, 0.05) is 21.4 Å². The number of fused-ring (bicyclic) bond motifs is 1. The van der Waals surface area contributed by atoms with Gasteiger partial charge in [0.05, 0.1) is 12.8 Å². The molecule has 0 fully saturated rings. The van der Waals surface area contributed by atoms with E-state index in [0.29, 0.717) is 17.1 Å². The molecule has 0 spiro atoms. The Kier molecular flexibility index (Phi) is 6.83. The third-order valence-corrected chi connectivity index (χ3v) is 6.78. The van der Waals surface area contributed by atoms with Gasteiger partial charge in [0.2, 0.25) is 17.7 Å². The minimum atomic E-state index is -1.07. The number of para-hydroxylation sites is 1. The molecule has 0 radical (unpaired) electrons. The molecule has 0 aliphatic carbocycles. The second-order valence-corrected chi connectivity index (χ2v) is 10.2. The van der Waals surface area contributed by atoms with Crippen LogP contribution in [-0.2, 0) is 14.4 Å². The van der Waals surface area contributed by atoms with E-state index in [1.54, 1.807) is 42.3 Å². The van der Waals surface area contributed by atoms with Crippen molar-refractivity contribution >= 4 is 40.9 Å². The largest absolute Gasteiger partial charge is 0.497 e. The average molecular weight is 456 g/mol. The van der Waals surface area contributed by atoms with Gasteiger partial charge >= 0.3 is 0 Å². The molecule has 7 nitrogen and oxygen atoms in total. The number of amides is 3. The fourth-order valence-electron chi connectivity index (χ4n) is 3.99. The zero-order chi connectivity index (χ0) is 23.6. The Balaban J connectivity index is 2.01. The first-order chi connectivity index (χ1) is 15.1. The van der Waals surface area contributed by atoms with Crippen LogP contribution in [0.15, 0.2) is 53.4 Å². The summed E-state index contributed by atoms with van der Waals surface area (Å²) >= 11 is 1.42. The SMILES string of the molecule is COc1ccc(N(C(=O)CN2C(=O)C(C(N)=O)C(C)(C)Sc3ccccc32)C(C)C)cc1. The molecular formula is C24H29N3O4S. The summed E-state index contributed by atoms with van der Waals surface area (Å²) in [5.74, 6) is -1.81. The van der Waals surface area contributed by atoms with Crippen LogP contribution in [0, 0.1) is 5.92 Å². The van der Waals surface area contributed by atoms with Gasteiger partial charge in [-0.3, -0.25) is 14.4 Å². The van der Waals surface area contributed by atoms with Gasteiger partial charge in [-0.05, 0) is 64.1 Å². The molecule has 32 heavy (non-hydrogen) atoms. The quantitative estimate of drug-likeness (QED) is 0.674. The van der Waals surface area contributed by atoms with Crippen LogP contribution in [0.4, 0.5) is 11.4 Å². The lowest BCUT2D eigenvalue weighted by Crippen LogP contribution is -2.52. The molecule has 1 unspecified atom stereocenters. The Labute approximate surface area is 192 Å². The van der Waals surface area contributed by atoms with E-state index in [2.05, 4.69) is 0 Å². The molecule has 2 aromatic rings. The molecule has 3 rings (SSSR count). The average Bonchev–Trinajstić information content (AvgIpc) is 2.80. The Hall–Kier alpha value is -3.00. The van der Waals surface area contributed by atoms with Gasteiger partial charge in [0.15, 0.2) is 0 Å². The zero-order valence-corrected chi connectivity index (χ0v) is 19.8. The van der Waals surface area contributed by atoms with Gasteiger partial charge in [-0.25, -0.2) is 0 Å². The van der Waals surface area contributed by atoms with Crippen molar-refractivity contribution in [2.24, 2.45) is 11.7 Å². The molecule has 1 aliphatic heterocycles. The van der Waals surface area contributed by atoms with Crippen LogP contribution in [0.25, 0.3) is 0 Å². The molecular weight excluding hydrogens is 426 g/mol.